The summed E-state index contributed by atoms with van der Waals surface area (Å²) in [4.78, 5) is 26.9. The molecule has 158 valence electrons. The van der Waals surface area contributed by atoms with E-state index in [4.69, 9.17) is 17.0 Å². The van der Waals surface area contributed by atoms with Crippen LogP contribution in [-0.2, 0) is 22.5 Å². The molecule has 7 heteroatoms. The van der Waals surface area contributed by atoms with E-state index in [2.05, 4.69) is 10.2 Å². The van der Waals surface area contributed by atoms with Gasteiger partial charge in [0, 0.05) is 43.7 Å². The number of fused-ring (bicyclic) bond motifs is 4. The molecule has 0 unspecified atom stereocenters. The maximum absolute atomic E-state index is 12.6. The molecule has 1 fully saturated rings. The highest BCUT2D eigenvalue weighted by Crippen LogP contribution is 2.34. The molecule has 2 aliphatic rings. The highest BCUT2D eigenvalue weighted by Gasteiger charge is 2.36. The van der Waals surface area contributed by atoms with Crippen molar-refractivity contribution in [1.82, 2.24) is 14.8 Å². The molecule has 1 aromatic carbocycles. The van der Waals surface area contributed by atoms with Crippen LogP contribution in [0.25, 0.3) is 0 Å². The SMILES string of the molecule is CCOC(=O)[C@@H](Cc1ccccc1)NC(=S)N1C[C@@H]2C[C@H](C1)c1cccc(=O)n1C2. The number of piperidine rings is 1. The summed E-state index contributed by atoms with van der Waals surface area (Å²) in [5, 5.41) is 3.83. The molecule has 30 heavy (non-hydrogen) atoms. The first-order valence-electron chi connectivity index (χ1n) is 10.5. The van der Waals surface area contributed by atoms with E-state index in [0.717, 1.165) is 37.3 Å². The zero-order valence-corrected chi connectivity index (χ0v) is 17.9. The van der Waals surface area contributed by atoms with Crippen LogP contribution in [0.4, 0.5) is 0 Å². The topological polar surface area (TPSA) is 63.6 Å². The number of carbonyl (C=O) groups excluding carboxylic acids is 1. The van der Waals surface area contributed by atoms with Crippen molar-refractivity contribution in [3.8, 4) is 0 Å². The molecule has 1 aromatic heterocycles. The van der Waals surface area contributed by atoms with Gasteiger partial charge in [0.2, 0.25) is 0 Å². The number of hydrogen-bond donors (Lipinski definition) is 1. The van der Waals surface area contributed by atoms with Gasteiger partial charge in [0.15, 0.2) is 5.11 Å². The monoisotopic (exact) mass is 425 g/mol. The van der Waals surface area contributed by atoms with Gasteiger partial charge in [-0.1, -0.05) is 36.4 Å². The van der Waals surface area contributed by atoms with Gasteiger partial charge in [-0.15, -0.1) is 0 Å². The van der Waals surface area contributed by atoms with Crippen LogP contribution in [0.5, 0.6) is 0 Å². The Labute approximate surface area is 181 Å². The Kier molecular flexibility index (Phi) is 6.18. The summed E-state index contributed by atoms with van der Waals surface area (Å²) in [5.41, 5.74) is 2.20. The molecule has 0 saturated carbocycles. The standard InChI is InChI=1S/C23H27N3O3S/c1-2-29-22(28)19(12-16-7-4-3-5-8-16)24-23(30)25-13-17-11-18(15-25)20-9-6-10-21(27)26(20)14-17/h3-10,17-19H,2,11-15H2,1H3,(H,24,30)/t17-,18+,19+/m0/s1. The van der Waals surface area contributed by atoms with Gasteiger partial charge in [-0.2, -0.15) is 0 Å². The molecule has 0 radical (unpaired) electrons. The summed E-state index contributed by atoms with van der Waals surface area (Å²) in [6.45, 7) is 4.38. The van der Waals surface area contributed by atoms with E-state index in [1.54, 1.807) is 13.0 Å². The smallest absolute Gasteiger partial charge is 0.328 e. The summed E-state index contributed by atoms with van der Waals surface area (Å²) in [5.74, 6) is 0.338. The van der Waals surface area contributed by atoms with E-state index < -0.39 is 6.04 Å². The third-order valence-electron chi connectivity index (χ3n) is 5.92. The summed E-state index contributed by atoms with van der Waals surface area (Å²) in [7, 11) is 0. The van der Waals surface area contributed by atoms with Gasteiger partial charge in [0.05, 0.1) is 6.61 Å². The fourth-order valence-electron chi connectivity index (χ4n) is 4.59. The molecule has 4 rings (SSSR count). The van der Waals surface area contributed by atoms with Crippen LogP contribution in [0.3, 0.4) is 0 Å². The lowest BCUT2D eigenvalue weighted by Gasteiger charge is -2.44. The fraction of sp³-hybridized carbons (Fsp3) is 0.435. The minimum absolute atomic E-state index is 0.0709. The average Bonchev–Trinajstić information content (AvgIpc) is 2.75. The molecule has 0 aliphatic carbocycles. The quantitative estimate of drug-likeness (QED) is 0.586. The number of carbonyl (C=O) groups is 1. The number of esters is 1. The van der Waals surface area contributed by atoms with Gasteiger partial charge in [0.1, 0.15) is 6.04 Å². The first-order valence-corrected chi connectivity index (χ1v) is 10.9. The Bertz CT molecular complexity index is 975. The molecule has 2 aromatic rings. The van der Waals surface area contributed by atoms with Crippen LogP contribution in [0, 0.1) is 5.92 Å². The third kappa shape index (κ3) is 4.41. The maximum atomic E-state index is 12.6. The zero-order valence-electron chi connectivity index (χ0n) is 17.1. The van der Waals surface area contributed by atoms with Crippen molar-refractivity contribution in [1.29, 1.82) is 0 Å². The van der Waals surface area contributed by atoms with Gasteiger partial charge < -0.3 is 19.5 Å². The van der Waals surface area contributed by atoms with Crippen LogP contribution in [0.2, 0.25) is 0 Å². The van der Waals surface area contributed by atoms with Crippen LogP contribution in [0.1, 0.15) is 30.5 Å². The second kappa shape index (κ2) is 9.00. The van der Waals surface area contributed by atoms with E-state index in [1.807, 2.05) is 47.0 Å². The molecule has 1 N–H and O–H groups in total. The van der Waals surface area contributed by atoms with E-state index in [0.29, 0.717) is 24.1 Å². The molecule has 6 nitrogen and oxygen atoms in total. The molecular formula is C23H27N3O3S. The Hall–Kier alpha value is -2.67. The summed E-state index contributed by atoms with van der Waals surface area (Å²) in [6, 6.07) is 14.8. The van der Waals surface area contributed by atoms with Crippen LogP contribution in [-0.4, -0.2) is 46.3 Å². The predicted molar refractivity (Wildman–Crippen MR) is 119 cm³/mol. The van der Waals surface area contributed by atoms with E-state index in [1.165, 1.54) is 0 Å². The Morgan fingerprint density at radius 3 is 2.73 bits per heavy atom. The number of nitrogens with zero attached hydrogens (tertiary/aromatic N) is 2. The summed E-state index contributed by atoms with van der Waals surface area (Å²) < 4.78 is 7.19. The van der Waals surface area contributed by atoms with E-state index in [-0.39, 0.29) is 17.4 Å². The minimum atomic E-state index is -0.531. The summed E-state index contributed by atoms with van der Waals surface area (Å²) in [6.07, 6.45) is 1.58. The number of ether oxygens (including phenoxy) is 1. The van der Waals surface area contributed by atoms with Crippen molar-refractivity contribution in [3.63, 3.8) is 0 Å². The molecule has 3 atom stereocenters. The number of pyridine rings is 1. The fourth-order valence-corrected chi connectivity index (χ4v) is 4.88. The molecule has 2 bridgehead atoms. The minimum Gasteiger partial charge on any atom is -0.464 e. The first-order chi connectivity index (χ1) is 14.5. The van der Waals surface area contributed by atoms with Gasteiger partial charge in [0.25, 0.3) is 5.56 Å². The Morgan fingerprint density at radius 2 is 1.97 bits per heavy atom. The van der Waals surface area contributed by atoms with Gasteiger partial charge in [-0.25, -0.2) is 4.79 Å². The second-order valence-corrected chi connectivity index (χ2v) is 8.43. The molecule has 1 saturated heterocycles. The number of thiocarbonyl (C=S) groups is 1. The van der Waals surface area contributed by atoms with E-state index in [9.17, 15) is 9.59 Å². The predicted octanol–water partition coefficient (Wildman–Crippen LogP) is 2.32. The highest BCUT2D eigenvalue weighted by molar-refractivity contribution is 7.80. The highest BCUT2D eigenvalue weighted by atomic mass is 32.1. The number of hydrogen-bond acceptors (Lipinski definition) is 4. The number of nitrogens with one attached hydrogen (secondary N) is 1. The van der Waals surface area contributed by atoms with Crippen molar-refractivity contribution in [2.75, 3.05) is 19.7 Å². The van der Waals surface area contributed by atoms with Gasteiger partial charge >= 0.3 is 5.97 Å². The molecule has 0 spiro atoms. The van der Waals surface area contributed by atoms with E-state index >= 15 is 0 Å². The van der Waals surface area contributed by atoms with Crippen LogP contribution >= 0.6 is 12.2 Å². The lowest BCUT2D eigenvalue weighted by molar-refractivity contribution is -0.145. The first kappa shape index (κ1) is 20.6. The van der Waals surface area contributed by atoms with Gasteiger partial charge in [-0.05, 0) is 43.1 Å². The maximum Gasteiger partial charge on any atom is 0.328 e. The van der Waals surface area contributed by atoms with Crippen molar-refractivity contribution in [2.45, 2.75) is 38.3 Å². The molecular weight excluding hydrogens is 398 g/mol. The van der Waals surface area contributed by atoms with Crippen LogP contribution < -0.4 is 10.9 Å². The van der Waals surface area contributed by atoms with Gasteiger partial charge in [-0.3, -0.25) is 4.79 Å². The molecule has 2 aliphatic heterocycles. The average molecular weight is 426 g/mol. The van der Waals surface area contributed by atoms with Crippen molar-refractivity contribution in [3.05, 3.63) is 70.1 Å². The van der Waals surface area contributed by atoms with Crippen LogP contribution in [0.15, 0.2) is 53.3 Å². The summed E-state index contributed by atoms with van der Waals surface area (Å²) >= 11 is 5.71. The zero-order chi connectivity index (χ0) is 21.1. The lowest BCUT2D eigenvalue weighted by Crippen LogP contribution is -2.55. The largest absolute Gasteiger partial charge is 0.464 e. The third-order valence-corrected chi connectivity index (χ3v) is 6.29. The van der Waals surface area contributed by atoms with Crippen molar-refractivity contribution < 1.29 is 9.53 Å². The Morgan fingerprint density at radius 1 is 1.17 bits per heavy atom. The number of benzene rings is 1. The number of aromatic nitrogens is 1. The van der Waals surface area contributed by atoms with Crippen molar-refractivity contribution >= 4 is 23.3 Å². The number of likely N-dealkylation sites (tertiary alicyclic amines) is 1. The van der Waals surface area contributed by atoms with Crippen molar-refractivity contribution in [2.24, 2.45) is 5.92 Å². The second-order valence-electron chi connectivity index (χ2n) is 8.05. The number of rotatable bonds is 5. The normalized spacial score (nSPS) is 20.8. The molecule has 3 heterocycles. The Balaban J connectivity index is 1.48. The molecule has 0 amide bonds. The lowest BCUT2D eigenvalue weighted by atomic mass is 9.83.